The number of hydrogen-bond acceptors (Lipinski definition) is 6. The molecule has 0 saturated heterocycles. The van der Waals surface area contributed by atoms with Crippen LogP contribution in [0.4, 0.5) is 0 Å². The fourth-order valence-electron chi connectivity index (χ4n) is 8.24. The van der Waals surface area contributed by atoms with Crippen LogP contribution < -0.4 is 0 Å². The lowest BCUT2D eigenvalue weighted by Crippen LogP contribution is -2.30. The van der Waals surface area contributed by atoms with Gasteiger partial charge in [0.05, 0.1) is 0 Å². The number of esters is 3. The Morgan fingerprint density at radius 3 is 0.873 bits per heavy atom. The van der Waals surface area contributed by atoms with Crippen molar-refractivity contribution in [2.45, 2.75) is 309 Å². The van der Waals surface area contributed by atoms with E-state index in [1.54, 1.807) is 0 Å². The normalized spacial score (nSPS) is 12.1. The molecule has 0 aromatic heterocycles. The second-order valence-corrected chi connectivity index (χ2v) is 18.9. The van der Waals surface area contributed by atoms with E-state index in [1.807, 2.05) is 0 Å². The molecule has 1 unspecified atom stereocenters. The van der Waals surface area contributed by atoms with Crippen molar-refractivity contribution in [3.63, 3.8) is 0 Å². The Morgan fingerprint density at radius 2 is 0.571 bits per heavy atom. The van der Waals surface area contributed by atoms with E-state index in [2.05, 4.69) is 45.1 Å². The molecule has 0 saturated carbocycles. The van der Waals surface area contributed by atoms with Crippen LogP contribution in [0.15, 0.2) is 24.3 Å². The fourth-order valence-corrected chi connectivity index (χ4v) is 8.24. The zero-order chi connectivity index (χ0) is 45.8. The van der Waals surface area contributed by atoms with Gasteiger partial charge in [0.2, 0.25) is 0 Å². The summed E-state index contributed by atoms with van der Waals surface area (Å²) in [4.78, 5) is 38.0. The molecule has 1 atom stereocenters. The maximum absolute atomic E-state index is 12.8. The number of allylic oxidation sites excluding steroid dienone is 4. The van der Waals surface area contributed by atoms with Crippen LogP contribution >= 0.6 is 0 Å². The Balaban J connectivity index is 4.19. The van der Waals surface area contributed by atoms with Gasteiger partial charge in [0.15, 0.2) is 6.10 Å². The summed E-state index contributed by atoms with van der Waals surface area (Å²) in [5.41, 5.74) is 0. The van der Waals surface area contributed by atoms with Gasteiger partial charge in [0.25, 0.3) is 0 Å². The zero-order valence-corrected chi connectivity index (χ0v) is 42.4. The molecule has 6 nitrogen and oxygen atoms in total. The predicted octanol–water partition coefficient (Wildman–Crippen LogP) is 18.3. The van der Waals surface area contributed by atoms with Crippen LogP contribution in [0, 0.1) is 0 Å². The first-order valence-corrected chi connectivity index (χ1v) is 27.8. The van der Waals surface area contributed by atoms with E-state index >= 15 is 0 Å². The molecule has 0 aliphatic carbocycles. The van der Waals surface area contributed by atoms with Gasteiger partial charge in [-0.3, -0.25) is 14.4 Å². The maximum Gasteiger partial charge on any atom is 0.306 e. The number of carbonyl (C=O) groups is 3. The molecule has 0 amide bonds. The highest BCUT2D eigenvalue weighted by Crippen LogP contribution is 2.16. The van der Waals surface area contributed by atoms with E-state index in [4.69, 9.17) is 14.2 Å². The van der Waals surface area contributed by atoms with Crippen molar-refractivity contribution in [3.8, 4) is 0 Å². The fraction of sp³-hybridized carbons (Fsp3) is 0.877. The second kappa shape index (κ2) is 52.5. The third-order valence-electron chi connectivity index (χ3n) is 12.5. The van der Waals surface area contributed by atoms with Crippen LogP contribution in [0.1, 0.15) is 303 Å². The van der Waals surface area contributed by atoms with Gasteiger partial charge in [-0.05, 0) is 51.4 Å². The molecule has 0 heterocycles. The van der Waals surface area contributed by atoms with Crippen molar-refractivity contribution >= 4 is 17.9 Å². The van der Waals surface area contributed by atoms with Crippen LogP contribution in [-0.4, -0.2) is 37.2 Å². The van der Waals surface area contributed by atoms with Crippen LogP contribution in [-0.2, 0) is 28.6 Å². The van der Waals surface area contributed by atoms with Gasteiger partial charge in [-0.1, -0.05) is 257 Å². The molecule has 0 aromatic rings. The van der Waals surface area contributed by atoms with Crippen molar-refractivity contribution in [3.05, 3.63) is 24.3 Å². The molecule has 0 radical (unpaired) electrons. The van der Waals surface area contributed by atoms with E-state index in [1.165, 1.54) is 199 Å². The second-order valence-electron chi connectivity index (χ2n) is 18.9. The summed E-state index contributed by atoms with van der Waals surface area (Å²) in [6.45, 7) is 6.65. The van der Waals surface area contributed by atoms with Gasteiger partial charge in [0, 0.05) is 19.3 Å². The average molecular weight is 887 g/mol. The summed E-state index contributed by atoms with van der Waals surface area (Å²) in [6.07, 6.45) is 60.3. The van der Waals surface area contributed by atoms with Gasteiger partial charge >= 0.3 is 17.9 Å². The number of unbranched alkanes of at least 4 members (excludes halogenated alkanes) is 36. The number of ether oxygens (including phenoxy) is 3. The summed E-state index contributed by atoms with van der Waals surface area (Å²) in [5.74, 6) is -0.854. The first kappa shape index (κ1) is 60.9. The largest absolute Gasteiger partial charge is 0.462 e. The lowest BCUT2D eigenvalue weighted by Gasteiger charge is -2.18. The Morgan fingerprint density at radius 1 is 0.317 bits per heavy atom. The molecule has 0 aliphatic heterocycles. The van der Waals surface area contributed by atoms with Crippen molar-refractivity contribution in [2.75, 3.05) is 13.2 Å². The van der Waals surface area contributed by atoms with Gasteiger partial charge in [-0.2, -0.15) is 0 Å². The highest BCUT2D eigenvalue weighted by Gasteiger charge is 2.19. The van der Waals surface area contributed by atoms with Crippen LogP contribution in [0.5, 0.6) is 0 Å². The highest BCUT2D eigenvalue weighted by atomic mass is 16.6. The number of carbonyl (C=O) groups excluding carboxylic acids is 3. The average Bonchev–Trinajstić information content (AvgIpc) is 3.28. The molecule has 63 heavy (non-hydrogen) atoms. The summed E-state index contributed by atoms with van der Waals surface area (Å²) >= 11 is 0. The lowest BCUT2D eigenvalue weighted by atomic mass is 10.0. The Labute approximate surface area is 392 Å². The molecular formula is C57H106O6. The lowest BCUT2D eigenvalue weighted by molar-refractivity contribution is -0.167. The highest BCUT2D eigenvalue weighted by molar-refractivity contribution is 5.71. The van der Waals surface area contributed by atoms with E-state index in [0.717, 1.165) is 64.2 Å². The van der Waals surface area contributed by atoms with E-state index < -0.39 is 6.10 Å². The molecule has 6 heteroatoms. The predicted molar refractivity (Wildman–Crippen MR) is 270 cm³/mol. The summed E-state index contributed by atoms with van der Waals surface area (Å²) in [5, 5.41) is 0. The Bertz CT molecular complexity index is 1020. The summed E-state index contributed by atoms with van der Waals surface area (Å²) in [6, 6.07) is 0. The molecule has 0 rings (SSSR count). The van der Waals surface area contributed by atoms with Crippen molar-refractivity contribution < 1.29 is 28.6 Å². The third kappa shape index (κ3) is 50.7. The molecule has 0 N–H and O–H groups in total. The first-order valence-electron chi connectivity index (χ1n) is 27.8. The molecule has 0 fully saturated rings. The maximum atomic E-state index is 12.8. The van der Waals surface area contributed by atoms with E-state index in [0.29, 0.717) is 19.3 Å². The molecule has 370 valence electrons. The van der Waals surface area contributed by atoms with Crippen LogP contribution in [0.25, 0.3) is 0 Å². The number of rotatable bonds is 51. The number of hydrogen-bond donors (Lipinski definition) is 0. The summed E-state index contributed by atoms with van der Waals surface area (Å²) < 4.78 is 16.8. The Kier molecular flexibility index (Phi) is 50.8. The molecule has 0 aromatic carbocycles. The third-order valence-corrected chi connectivity index (χ3v) is 12.5. The van der Waals surface area contributed by atoms with Crippen LogP contribution in [0.3, 0.4) is 0 Å². The minimum Gasteiger partial charge on any atom is -0.462 e. The summed E-state index contributed by atoms with van der Waals surface area (Å²) in [7, 11) is 0. The monoisotopic (exact) mass is 887 g/mol. The van der Waals surface area contributed by atoms with Gasteiger partial charge < -0.3 is 14.2 Å². The molecular weight excluding hydrogens is 781 g/mol. The van der Waals surface area contributed by atoms with Crippen LogP contribution in [0.2, 0.25) is 0 Å². The van der Waals surface area contributed by atoms with Gasteiger partial charge in [-0.25, -0.2) is 0 Å². The minimum atomic E-state index is -0.765. The van der Waals surface area contributed by atoms with E-state index in [9.17, 15) is 14.4 Å². The standard InChI is InChI=1S/C57H106O6/c1-4-7-10-13-16-19-22-23-24-25-26-27-28-29-30-31-32-33-36-38-41-44-47-50-56(59)62-53-54(63-57(60)51-48-45-42-39-35-21-18-15-12-9-6-3)52-61-55(58)49-46-43-40-37-34-20-17-14-11-8-5-2/h22-23,25-26,54H,4-21,24,27-53H2,1-3H3/b23-22-,26-25-. The smallest absolute Gasteiger partial charge is 0.306 e. The van der Waals surface area contributed by atoms with E-state index in [-0.39, 0.29) is 31.1 Å². The minimum absolute atomic E-state index is 0.0665. The van der Waals surface area contributed by atoms with Crippen molar-refractivity contribution in [2.24, 2.45) is 0 Å². The van der Waals surface area contributed by atoms with Crippen molar-refractivity contribution in [1.82, 2.24) is 0 Å². The van der Waals surface area contributed by atoms with Crippen molar-refractivity contribution in [1.29, 1.82) is 0 Å². The van der Waals surface area contributed by atoms with Gasteiger partial charge in [-0.15, -0.1) is 0 Å². The first-order chi connectivity index (χ1) is 31.0. The van der Waals surface area contributed by atoms with Gasteiger partial charge in [0.1, 0.15) is 13.2 Å². The quantitative estimate of drug-likeness (QED) is 0.0262. The molecule has 0 spiro atoms. The molecule has 0 aliphatic rings. The zero-order valence-electron chi connectivity index (χ0n) is 42.4. The SMILES string of the molecule is CCCCCCC/C=C\C/C=C\CCCCCCCCCCCCCC(=O)OCC(COC(=O)CCCCCCCCCCCCC)OC(=O)CCCCCCCCCCCCC. The Hall–Kier alpha value is -2.11. The molecule has 0 bridgehead atoms. The topological polar surface area (TPSA) is 78.9 Å².